The van der Waals surface area contributed by atoms with Crippen LogP contribution in [-0.2, 0) is 6.42 Å². The lowest BCUT2D eigenvalue weighted by molar-refractivity contribution is 0.0692. The number of carboxylic acid groups (broad SMARTS) is 1. The molecule has 0 fully saturated rings. The van der Waals surface area contributed by atoms with Crippen LogP contribution in [0.4, 0.5) is 0 Å². The van der Waals surface area contributed by atoms with E-state index >= 15 is 0 Å². The molecule has 0 spiro atoms. The van der Waals surface area contributed by atoms with E-state index in [9.17, 15) is 9.90 Å². The molecule has 0 aliphatic carbocycles. The summed E-state index contributed by atoms with van der Waals surface area (Å²) in [5, 5.41) is 14.1. The molecule has 3 rings (SSSR count). The molecule has 3 aromatic rings. The summed E-state index contributed by atoms with van der Waals surface area (Å²) in [6.07, 6.45) is 0.435. The first-order valence-electron chi connectivity index (χ1n) is 7.49. The first-order chi connectivity index (χ1) is 11.5. The minimum absolute atomic E-state index is 0.114. The third-order valence-corrected chi connectivity index (χ3v) is 4.01. The fraction of sp³-hybridized carbons (Fsp3) is 0.167. The minimum Gasteiger partial charge on any atom is -0.478 e. The molecule has 24 heavy (non-hydrogen) atoms. The summed E-state index contributed by atoms with van der Waals surface area (Å²) in [7, 11) is 0. The molecule has 0 saturated heterocycles. The molecule has 0 saturated carbocycles. The Morgan fingerprint density at radius 1 is 1.21 bits per heavy atom. The van der Waals surface area contributed by atoms with Crippen LogP contribution in [0, 0.1) is 13.8 Å². The van der Waals surface area contributed by atoms with Gasteiger partial charge in [0.05, 0.1) is 5.69 Å². The highest BCUT2D eigenvalue weighted by Crippen LogP contribution is 2.24. The monoisotopic (exact) mass is 339 g/mol. The van der Waals surface area contributed by atoms with Crippen molar-refractivity contribution in [1.82, 2.24) is 14.8 Å². The first kappa shape index (κ1) is 16.3. The van der Waals surface area contributed by atoms with E-state index in [4.69, 9.17) is 0 Å². The predicted octanol–water partition coefficient (Wildman–Crippen LogP) is 3.46. The second-order valence-electron chi connectivity index (χ2n) is 5.67. The van der Waals surface area contributed by atoms with E-state index in [0.29, 0.717) is 17.9 Å². The van der Waals surface area contributed by atoms with E-state index in [1.807, 2.05) is 56.3 Å². The highest BCUT2D eigenvalue weighted by molar-refractivity contribution is 7.80. The largest absolute Gasteiger partial charge is 0.478 e. The normalized spacial score (nSPS) is 10.8. The SMILES string of the molecule is Cc1cc(C)nc(-n2nc(S)c(C(=O)O)c2Cc2ccccc2)c1. The van der Waals surface area contributed by atoms with Gasteiger partial charge in [-0.15, -0.1) is 12.6 Å². The number of hydrogen-bond donors (Lipinski definition) is 2. The van der Waals surface area contributed by atoms with Crippen molar-refractivity contribution in [2.24, 2.45) is 0 Å². The van der Waals surface area contributed by atoms with E-state index in [1.165, 1.54) is 0 Å². The molecule has 0 aliphatic rings. The van der Waals surface area contributed by atoms with Crippen molar-refractivity contribution in [3.05, 3.63) is 70.5 Å². The lowest BCUT2D eigenvalue weighted by atomic mass is 10.1. The molecule has 0 unspecified atom stereocenters. The molecule has 2 aromatic heterocycles. The van der Waals surface area contributed by atoms with Crippen LogP contribution in [0.3, 0.4) is 0 Å². The van der Waals surface area contributed by atoms with Gasteiger partial charge >= 0.3 is 5.97 Å². The van der Waals surface area contributed by atoms with Gasteiger partial charge in [0.15, 0.2) is 5.82 Å². The van der Waals surface area contributed by atoms with Gasteiger partial charge < -0.3 is 5.11 Å². The number of pyridine rings is 1. The quantitative estimate of drug-likeness (QED) is 0.714. The second kappa shape index (κ2) is 6.49. The number of carbonyl (C=O) groups is 1. The third kappa shape index (κ3) is 3.19. The number of benzene rings is 1. The Labute approximate surface area is 145 Å². The van der Waals surface area contributed by atoms with Gasteiger partial charge in [-0.1, -0.05) is 30.3 Å². The van der Waals surface area contributed by atoms with Crippen LogP contribution >= 0.6 is 12.6 Å². The van der Waals surface area contributed by atoms with Gasteiger partial charge in [0, 0.05) is 12.1 Å². The second-order valence-corrected chi connectivity index (χ2v) is 6.09. The van der Waals surface area contributed by atoms with Crippen molar-refractivity contribution in [1.29, 1.82) is 0 Å². The molecular formula is C18H17N3O2S. The Kier molecular flexibility index (Phi) is 4.40. The molecule has 1 aromatic carbocycles. The lowest BCUT2D eigenvalue weighted by Gasteiger charge is -2.09. The summed E-state index contributed by atoms with van der Waals surface area (Å²) in [5.74, 6) is -0.442. The average Bonchev–Trinajstić information content (AvgIpc) is 2.84. The fourth-order valence-electron chi connectivity index (χ4n) is 2.73. The number of aromatic carboxylic acids is 1. The van der Waals surface area contributed by atoms with Crippen LogP contribution in [0.2, 0.25) is 0 Å². The van der Waals surface area contributed by atoms with Crippen molar-refractivity contribution in [2.45, 2.75) is 25.3 Å². The minimum atomic E-state index is -1.04. The standard InChI is InChI=1S/C18H17N3O2S/c1-11-8-12(2)19-15(9-11)21-14(10-13-6-4-3-5-7-13)16(18(22)23)17(24)20-21/h3-9H,10H2,1-2H3,(H,20,24)(H,22,23). The molecule has 0 radical (unpaired) electrons. The van der Waals surface area contributed by atoms with Gasteiger partial charge in [-0.25, -0.2) is 14.5 Å². The van der Waals surface area contributed by atoms with E-state index < -0.39 is 5.97 Å². The van der Waals surface area contributed by atoms with E-state index in [2.05, 4.69) is 22.7 Å². The molecule has 0 bridgehead atoms. The molecule has 0 atom stereocenters. The van der Waals surface area contributed by atoms with E-state index in [0.717, 1.165) is 16.8 Å². The highest BCUT2D eigenvalue weighted by Gasteiger charge is 2.23. The molecule has 5 nitrogen and oxygen atoms in total. The summed E-state index contributed by atoms with van der Waals surface area (Å²) >= 11 is 4.26. The number of rotatable bonds is 4. The predicted molar refractivity (Wildman–Crippen MR) is 94.3 cm³/mol. The van der Waals surface area contributed by atoms with Crippen LogP contribution in [0.1, 0.15) is 32.9 Å². The number of hydrogen-bond acceptors (Lipinski definition) is 4. The summed E-state index contributed by atoms with van der Waals surface area (Å²) in [6.45, 7) is 3.87. The van der Waals surface area contributed by atoms with E-state index in [1.54, 1.807) is 4.68 Å². The van der Waals surface area contributed by atoms with Gasteiger partial charge in [0.2, 0.25) is 0 Å². The summed E-state index contributed by atoms with van der Waals surface area (Å²) < 4.78 is 1.58. The van der Waals surface area contributed by atoms with Crippen molar-refractivity contribution < 1.29 is 9.90 Å². The zero-order chi connectivity index (χ0) is 17.3. The molecule has 2 heterocycles. The summed E-state index contributed by atoms with van der Waals surface area (Å²) in [4.78, 5) is 16.2. The van der Waals surface area contributed by atoms with Crippen molar-refractivity contribution in [2.75, 3.05) is 0 Å². The Hall–Kier alpha value is -2.60. The van der Waals surface area contributed by atoms with Crippen LogP contribution < -0.4 is 0 Å². The van der Waals surface area contributed by atoms with Gasteiger partial charge in [-0.05, 0) is 37.1 Å². The maximum Gasteiger partial charge on any atom is 0.340 e. The topological polar surface area (TPSA) is 68.0 Å². The van der Waals surface area contributed by atoms with Crippen LogP contribution in [0.5, 0.6) is 0 Å². The number of thiol groups is 1. The van der Waals surface area contributed by atoms with Gasteiger partial charge in [-0.2, -0.15) is 5.10 Å². The van der Waals surface area contributed by atoms with Gasteiger partial charge in [0.1, 0.15) is 10.6 Å². The Morgan fingerprint density at radius 2 is 1.92 bits per heavy atom. The smallest absolute Gasteiger partial charge is 0.340 e. The third-order valence-electron chi connectivity index (χ3n) is 3.69. The number of aryl methyl sites for hydroxylation is 2. The maximum absolute atomic E-state index is 11.7. The Morgan fingerprint density at radius 3 is 2.54 bits per heavy atom. The van der Waals surface area contributed by atoms with Gasteiger partial charge in [-0.3, -0.25) is 0 Å². The first-order valence-corrected chi connectivity index (χ1v) is 7.94. The Bertz CT molecular complexity index is 884. The maximum atomic E-state index is 11.7. The highest BCUT2D eigenvalue weighted by atomic mass is 32.1. The van der Waals surface area contributed by atoms with Gasteiger partial charge in [0.25, 0.3) is 0 Å². The van der Waals surface area contributed by atoms with Crippen LogP contribution in [0.15, 0.2) is 47.5 Å². The fourth-order valence-corrected chi connectivity index (χ4v) is 3.04. The zero-order valence-corrected chi connectivity index (χ0v) is 14.3. The molecule has 122 valence electrons. The number of carboxylic acids is 1. The summed E-state index contributed by atoms with van der Waals surface area (Å²) in [6, 6.07) is 13.5. The molecular weight excluding hydrogens is 322 g/mol. The Balaban J connectivity index is 2.19. The zero-order valence-electron chi connectivity index (χ0n) is 13.4. The van der Waals surface area contributed by atoms with E-state index in [-0.39, 0.29) is 10.6 Å². The van der Waals surface area contributed by atoms with Crippen LogP contribution in [-0.4, -0.2) is 25.8 Å². The van der Waals surface area contributed by atoms with Crippen LogP contribution in [0.25, 0.3) is 5.82 Å². The number of nitrogens with zero attached hydrogens (tertiary/aromatic N) is 3. The molecule has 0 aliphatic heterocycles. The summed E-state index contributed by atoms with van der Waals surface area (Å²) in [5.41, 5.74) is 3.57. The molecule has 0 amide bonds. The van der Waals surface area contributed by atoms with Crippen molar-refractivity contribution in [3.8, 4) is 5.82 Å². The van der Waals surface area contributed by atoms with Crippen molar-refractivity contribution in [3.63, 3.8) is 0 Å². The lowest BCUT2D eigenvalue weighted by Crippen LogP contribution is -2.09. The van der Waals surface area contributed by atoms with Crippen molar-refractivity contribution >= 4 is 18.6 Å². The number of aromatic nitrogens is 3. The molecule has 6 heteroatoms. The molecule has 1 N–H and O–H groups in total. The average molecular weight is 339 g/mol.